The maximum atomic E-state index is 12.9. The standard InChI is InChI=1S/C23H28N4O3/c1-16-4-2-5-18(12-16)23(28)27-9-3-8-26(10-11-27)22-14-19(24-25-22)17-6-7-20-21(13-17)30-15-29-20/h2,4-7,12-13,19,22,24-25H,3,8-11,14-15H2,1H3. The van der Waals surface area contributed by atoms with E-state index in [-0.39, 0.29) is 18.1 Å². The molecule has 0 spiro atoms. The Hall–Kier alpha value is -2.61. The van der Waals surface area contributed by atoms with Gasteiger partial charge in [-0.2, -0.15) is 0 Å². The third-order valence-corrected chi connectivity index (χ3v) is 6.21. The van der Waals surface area contributed by atoms with Crippen LogP contribution in [0.2, 0.25) is 0 Å². The lowest BCUT2D eigenvalue weighted by Crippen LogP contribution is -2.46. The van der Waals surface area contributed by atoms with Crippen molar-refractivity contribution in [1.29, 1.82) is 0 Å². The highest BCUT2D eigenvalue weighted by molar-refractivity contribution is 5.94. The van der Waals surface area contributed by atoms with Crippen LogP contribution in [0.3, 0.4) is 0 Å². The van der Waals surface area contributed by atoms with Crippen LogP contribution in [-0.2, 0) is 0 Å². The van der Waals surface area contributed by atoms with E-state index in [4.69, 9.17) is 9.47 Å². The molecule has 0 radical (unpaired) electrons. The van der Waals surface area contributed by atoms with Crippen molar-refractivity contribution in [2.24, 2.45) is 0 Å². The van der Waals surface area contributed by atoms with Crippen LogP contribution in [0, 0.1) is 6.92 Å². The van der Waals surface area contributed by atoms with Crippen molar-refractivity contribution < 1.29 is 14.3 Å². The molecule has 7 heteroatoms. The first-order valence-electron chi connectivity index (χ1n) is 10.7. The molecule has 2 fully saturated rings. The maximum Gasteiger partial charge on any atom is 0.253 e. The van der Waals surface area contributed by atoms with Crippen molar-refractivity contribution in [2.45, 2.75) is 32.0 Å². The first kappa shape index (κ1) is 19.4. The lowest BCUT2D eigenvalue weighted by molar-refractivity contribution is 0.0756. The van der Waals surface area contributed by atoms with Crippen molar-refractivity contribution in [3.63, 3.8) is 0 Å². The molecular weight excluding hydrogens is 380 g/mol. The highest BCUT2D eigenvalue weighted by Crippen LogP contribution is 2.36. The van der Waals surface area contributed by atoms with E-state index in [1.54, 1.807) is 0 Å². The Balaban J connectivity index is 1.20. The molecule has 0 aromatic heterocycles. The van der Waals surface area contributed by atoms with Crippen LogP contribution in [0.4, 0.5) is 0 Å². The van der Waals surface area contributed by atoms with E-state index >= 15 is 0 Å². The van der Waals surface area contributed by atoms with Gasteiger partial charge in [-0.25, -0.2) is 10.9 Å². The fraction of sp³-hybridized carbons (Fsp3) is 0.435. The highest BCUT2D eigenvalue weighted by Gasteiger charge is 2.32. The zero-order chi connectivity index (χ0) is 20.5. The van der Waals surface area contributed by atoms with Crippen molar-refractivity contribution in [3.05, 3.63) is 59.2 Å². The number of benzene rings is 2. The summed E-state index contributed by atoms with van der Waals surface area (Å²) in [6, 6.07) is 14.2. The van der Waals surface area contributed by atoms with Gasteiger partial charge in [0.1, 0.15) is 0 Å². The summed E-state index contributed by atoms with van der Waals surface area (Å²) in [7, 11) is 0. The second-order valence-electron chi connectivity index (χ2n) is 8.26. The molecule has 30 heavy (non-hydrogen) atoms. The van der Waals surface area contributed by atoms with Crippen LogP contribution < -0.4 is 20.3 Å². The second-order valence-corrected chi connectivity index (χ2v) is 8.26. The van der Waals surface area contributed by atoms with Gasteiger partial charge >= 0.3 is 0 Å². The quantitative estimate of drug-likeness (QED) is 0.813. The molecule has 158 valence electrons. The molecule has 2 saturated heterocycles. The molecule has 2 aromatic rings. The number of ether oxygens (including phenoxy) is 2. The van der Waals surface area contributed by atoms with Crippen LogP contribution in [0.5, 0.6) is 11.5 Å². The van der Waals surface area contributed by atoms with Gasteiger partial charge in [-0.05, 0) is 49.6 Å². The number of carbonyl (C=O) groups excluding carboxylic acids is 1. The van der Waals surface area contributed by atoms with Gasteiger partial charge in [-0.1, -0.05) is 23.8 Å². The Morgan fingerprint density at radius 1 is 1.00 bits per heavy atom. The van der Waals surface area contributed by atoms with E-state index in [9.17, 15) is 4.79 Å². The van der Waals surface area contributed by atoms with Gasteiger partial charge in [-0.3, -0.25) is 9.69 Å². The Kier molecular flexibility index (Phi) is 5.33. The summed E-state index contributed by atoms with van der Waals surface area (Å²) in [4.78, 5) is 17.4. The Bertz CT molecular complexity index is 934. The topological polar surface area (TPSA) is 66.1 Å². The summed E-state index contributed by atoms with van der Waals surface area (Å²) in [5, 5.41) is 0. The molecule has 0 saturated carbocycles. The summed E-state index contributed by atoms with van der Waals surface area (Å²) in [6.07, 6.45) is 2.19. The molecule has 2 unspecified atom stereocenters. The van der Waals surface area contributed by atoms with Gasteiger partial charge < -0.3 is 14.4 Å². The number of hydrazine groups is 1. The van der Waals surface area contributed by atoms with Crippen LogP contribution in [0.25, 0.3) is 0 Å². The lowest BCUT2D eigenvalue weighted by Gasteiger charge is -2.27. The number of rotatable bonds is 3. The minimum Gasteiger partial charge on any atom is -0.454 e. The van der Waals surface area contributed by atoms with Gasteiger partial charge in [0, 0.05) is 37.8 Å². The minimum absolute atomic E-state index is 0.135. The summed E-state index contributed by atoms with van der Waals surface area (Å²) in [6.45, 7) is 5.71. The number of fused-ring (bicyclic) bond motifs is 1. The molecule has 0 aliphatic carbocycles. The first-order chi connectivity index (χ1) is 14.7. The van der Waals surface area contributed by atoms with E-state index in [1.807, 2.05) is 42.2 Å². The molecule has 1 amide bonds. The molecule has 3 heterocycles. The van der Waals surface area contributed by atoms with Crippen molar-refractivity contribution in [3.8, 4) is 11.5 Å². The average Bonchev–Trinajstić information content (AvgIpc) is 3.37. The summed E-state index contributed by atoms with van der Waals surface area (Å²) < 4.78 is 10.9. The van der Waals surface area contributed by atoms with E-state index < -0.39 is 0 Å². The molecule has 2 N–H and O–H groups in total. The van der Waals surface area contributed by atoms with Gasteiger partial charge in [0.15, 0.2) is 11.5 Å². The summed E-state index contributed by atoms with van der Waals surface area (Å²) >= 11 is 0. The number of nitrogens with zero attached hydrogens (tertiary/aromatic N) is 2. The van der Waals surface area contributed by atoms with Gasteiger partial charge in [0.2, 0.25) is 6.79 Å². The average molecular weight is 409 g/mol. The minimum atomic E-state index is 0.135. The highest BCUT2D eigenvalue weighted by atomic mass is 16.7. The maximum absolute atomic E-state index is 12.9. The number of hydrogen-bond acceptors (Lipinski definition) is 6. The third kappa shape index (κ3) is 3.88. The Labute approximate surface area is 176 Å². The normalized spacial score (nSPS) is 24.1. The summed E-state index contributed by atoms with van der Waals surface area (Å²) in [5.74, 6) is 1.77. The van der Waals surface area contributed by atoms with E-state index in [2.05, 4.69) is 27.9 Å². The van der Waals surface area contributed by atoms with E-state index in [0.29, 0.717) is 6.79 Å². The van der Waals surface area contributed by atoms with Crippen LogP contribution in [0.15, 0.2) is 42.5 Å². The van der Waals surface area contributed by atoms with Crippen molar-refractivity contribution >= 4 is 5.91 Å². The van der Waals surface area contributed by atoms with E-state index in [0.717, 1.165) is 61.6 Å². The zero-order valence-electron chi connectivity index (χ0n) is 17.3. The Morgan fingerprint density at radius 2 is 1.90 bits per heavy atom. The van der Waals surface area contributed by atoms with Crippen LogP contribution in [0.1, 0.15) is 40.4 Å². The van der Waals surface area contributed by atoms with Crippen molar-refractivity contribution in [2.75, 3.05) is 33.0 Å². The van der Waals surface area contributed by atoms with Gasteiger partial charge in [0.25, 0.3) is 5.91 Å². The number of hydrogen-bond donors (Lipinski definition) is 2. The predicted molar refractivity (Wildman–Crippen MR) is 113 cm³/mol. The predicted octanol–water partition coefficient (Wildman–Crippen LogP) is 2.44. The first-order valence-corrected chi connectivity index (χ1v) is 10.7. The third-order valence-electron chi connectivity index (χ3n) is 6.21. The number of amides is 1. The number of aryl methyl sites for hydroxylation is 1. The fourth-order valence-corrected chi connectivity index (χ4v) is 4.54. The molecule has 2 atom stereocenters. The van der Waals surface area contributed by atoms with Crippen LogP contribution in [-0.4, -0.2) is 54.8 Å². The second kappa shape index (κ2) is 8.26. The smallest absolute Gasteiger partial charge is 0.253 e. The fourth-order valence-electron chi connectivity index (χ4n) is 4.54. The van der Waals surface area contributed by atoms with Gasteiger partial charge in [-0.15, -0.1) is 0 Å². The lowest BCUT2D eigenvalue weighted by atomic mass is 10.0. The van der Waals surface area contributed by atoms with Gasteiger partial charge in [0.05, 0.1) is 6.17 Å². The molecule has 3 aliphatic rings. The van der Waals surface area contributed by atoms with E-state index in [1.165, 1.54) is 5.56 Å². The molecule has 2 aromatic carbocycles. The molecular formula is C23H28N4O3. The Morgan fingerprint density at radius 3 is 2.80 bits per heavy atom. The van der Waals surface area contributed by atoms with Crippen LogP contribution >= 0.6 is 0 Å². The molecule has 7 nitrogen and oxygen atoms in total. The zero-order valence-corrected chi connectivity index (χ0v) is 17.3. The monoisotopic (exact) mass is 408 g/mol. The number of carbonyl (C=O) groups is 1. The number of nitrogens with one attached hydrogen (secondary N) is 2. The molecule has 3 aliphatic heterocycles. The largest absolute Gasteiger partial charge is 0.454 e. The molecule has 0 bridgehead atoms. The molecule has 5 rings (SSSR count). The van der Waals surface area contributed by atoms with Crippen molar-refractivity contribution in [1.82, 2.24) is 20.7 Å². The SMILES string of the molecule is Cc1cccc(C(=O)N2CCCN(C3CC(c4ccc5c(c4)OCO5)NN3)CC2)c1. The summed E-state index contributed by atoms with van der Waals surface area (Å²) in [5.41, 5.74) is 9.98.